The van der Waals surface area contributed by atoms with E-state index < -0.39 is 5.41 Å². The molecule has 0 radical (unpaired) electrons. The number of hydrogen-bond acceptors (Lipinski definition) is 3. The van der Waals surface area contributed by atoms with Crippen LogP contribution in [0.5, 0.6) is 0 Å². The second-order valence-electron chi connectivity index (χ2n) is 4.86. The van der Waals surface area contributed by atoms with Crippen LogP contribution in [0.3, 0.4) is 0 Å². The third-order valence-corrected chi connectivity index (χ3v) is 3.30. The Labute approximate surface area is 100 Å². The van der Waals surface area contributed by atoms with Gasteiger partial charge in [0.25, 0.3) is 0 Å². The number of carbonyl (C=O) groups excluding carboxylic acids is 2. The maximum Gasteiger partial charge on any atom is 0.233 e. The van der Waals surface area contributed by atoms with Crippen LogP contribution in [0.2, 0.25) is 0 Å². The number of rotatable bonds is 3. The molecule has 1 unspecified atom stereocenters. The van der Waals surface area contributed by atoms with Crippen molar-refractivity contribution in [2.45, 2.75) is 26.2 Å². The van der Waals surface area contributed by atoms with Crippen molar-refractivity contribution in [2.75, 3.05) is 5.73 Å². The van der Waals surface area contributed by atoms with E-state index >= 15 is 0 Å². The van der Waals surface area contributed by atoms with Gasteiger partial charge in [0.15, 0.2) is 0 Å². The lowest BCUT2D eigenvalue weighted by atomic mass is 9.82. The molecule has 1 saturated heterocycles. The van der Waals surface area contributed by atoms with E-state index in [1.54, 1.807) is 0 Å². The predicted molar refractivity (Wildman–Crippen MR) is 65.0 cm³/mol. The summed E-state index contributed by atoms with van der Waals surface area (Å²) in [6.45, 7) is 1.84. The van der Waals surface area contributed by atoms with Gasteiger partial charge in [-0.2, -0.15) is 0 Å². The monoisotopic (exact) mass is 232 g/mol. The van der Waals surface area contributed by atoms with Gasteiger partial charge in [-0.25, -0.2) is 0 Å². The Hall–Kier alpha value is -1.84. The van der Waals surface area contributed by atoms with Crippen molar-refractivity contribution in [1.29, 1.82) is 0 Å². The number of nitrogen functional groups attached to an aromatic ring is 1. The summed E-state index contributed by atoms with van der Waals surface area (Å²) in [6, 6.07) is 7.59. The van der Waals surface area contributed by atoms with Gasteiger partial charge >= 0.3 is 0 Å². The zero-order valence-electron chi connectivity index (χ0n) is 9.82. The van der Waals surface area contributed by atoms with E-state index in [1.165, 1.54) is 0 Å². The van der Waals surface area contributed by atoms with Gasteiger partial charge in [-0.05, 0) is 30.5 Å². The number of aryl methyl sites for hydroxylation is 1. The van der Waals surface area contributed by atoms with Gasteiger partial charge in [0.2, 0.25) is 11.8 Å². The number of amides is 2. The fourth-order valence-corrected chi connectivity index (χ4v) is 2.06. The van der Waals surface area contributed by atoms with E-state index in [2.05, 4.69) is 5.32 Å². The van der Waals surface area contributed by atoms with Crippen molar-refractivity contribution in [3.8, 4) is 0 Å². The minimum Gasteiger partial charge on any atom is -0.399 e. The number of carbonyl (C=O) groups is 2. The van der Waals surface area contributed by atoms with Crippen LogP contribution in [0, 0.1) is 5.41 Å². The minimum absolute atomic E-state index is 0.155. The highest BCUT2D eigenvalue weighted by atomic mass is 16.2. The lowest BCUT2D eigenvalue weighted by Crippen LogP contribution is -2.29. The molecule has 1 aliphatic rings. The minimum atomic E-state index is -0.557. The van der Waals surface area contributed by atoms with Crippen LogP contribution in [-0.4, -0.2) is 11.8 Å². The number of benzene rings is 1. The molecule has 1 aromatic carbocycles. The normalized spacial score (nSPS) is 23.8. The molecule has 17 heavy (non-hydrogen) atoms. The second-order valence-corrected chi connectivity index (χ2v) is 4.86. The molecule has 1 atom stereocenters. The molecule has 3 N–H and O–H groups in total. The summed E-state index contributed by atoms with van der Waals surface area (Å²) < 4.78 is 0. The molecule has 1 fully saturated rings. The molecule has 4 nitrogen and oxygen atoms in total. The molecule has 0 saturated carbocycles. The van der Waals surface area contributed by atoms with Crippen LogP contribution in [0.4, 0.5) is 5.69 Å². The standard InChI is InChI=1S/C13H16N2O2/c1-13(8-11(16)15-12(13)17)7-6-9-2-4-10(14)5-3-9/h2-5H,6-8,14H2,1H3,(H,15,16,17). The largest absolute Gasteiger partial charge is 0.399 e. The number of imide groups is 1. The van der Waals surface area contributed by atoms with Gasteiger partial charge in [-0.1, -0.05) is 19.1 Å². The fraction of sp³-hybridized carbons (Fsp3) is 0.385. The van der Waals surface area contributed by atoms with Gasteiger partial charge in [0, 0.05) is 12.1 Å². The zero-order chi connectivity index (χ0) is 12.5. The first-order valence-corrected chi connectivity index (χ1v) is 5.68. The molecule has 1 aromatic rings. The number of nitrogens with one attached hydrogen (secondary N) is 1. The molecule has 1 aliphatic heterocycles. The number of anilines is 1. The molecule has 0 aromatic heterocycles. The van der Waals surface area contributed by atoms with Gasteiger partial charge < -0.3 is 5.73 Å². The summed E-state index contributed by atoms with van der Waals surface area (Å²) >= 11 is 0. The van der Waals surface area contributed by atoms with Gasteiger partial charge in [0.1, 0.15) is 0 Å². The summed E-state index contributed by atoms with van der Waals surface area (Å²) in [5, 5.41) is 2.35. The molecule has 2 amide bonds. The highest BCUT2D eigenvalue weighted by Crippen LogP contribution is 2.32. The van der Waals surface area contributed by atoms with E-state index in [0.29, 0.717) is 12.8 Å². The third kappa shape index (κ3) is 2.46. The zero-order valence-corrected chi connectivity index (χ0v) is 9.82. The average Bonchev–Trinajstić information content (AvgIpc) is 2.52. The Morgan fingerprint density at radius 3 is 2.47 bits per heavy atom. The SMILES string of the molecule is CC1(CCc2ccc(N)cc2)CC(=O)NC1=O. The average molecular weight is 232 g/mol. The van der Waals surface area contributed by atoms with E-state index in [4.69, 9.17) is 5.73 Å². The Kier molecular flexibility index (Phi) is 2.88. The topological polar surface area (TPSA) is 72.2 Å². The van der Waals surface area contributed by atoms with Crippen LogP contribution >= 0.6 is 0 Å². The first-order valence-electron chi connectivity index (χ1n) is 5.68. The summed E-state index contributed by atoms with van der Waals surface area (Å²) in [4.78, 5) is 22.8. The molecule has 90 valence electrons. The first-order chi connectivity index (χ1) is 7.99. The van der Waals surface area contributed by atoms with Gasteiger partial charge in [-0.3, -0.25) is 14.9 Å². The van der Waals surface area contributed by atoms with Crippen LogP contribution < -0.4 is 11.1 Å². The molecule has 4 heteroatoms. The van der Waals surface area contributed by atoms with Crippen molar-refractivity contribution in [1.82, 2.24) is 5.32 Å². The van der Waals surface area contributed by atoms with Crippen LogP contribution in [0.15, 0.2) is 24.3 Å². The quantitative estimate of drug-likeness (QED) is 0.608. The van der Waals surface area contributed by atoms with Crippen molar-refractivity contribution in [3.05, 3.63) is 29.8 Å². The number of nitrogens with two attached hydrogens (primary N) is 1. The van der Waals surface area contributed by atoms with Gasteiger partial charge in [0.05, 0.1) is 5.41 Å². The lowest BCUT2D eigenvalue weighted by Gasteiger charge is -2.18. The maximum absolute atomic E-state index is 11.6. The molecule has 0 aliphatic carbocycles. The van der Waals surface area contributed by atoms with Crippen molar-refractivity contribution in [3.63, 3.8) is 0 Å². The Morgan fingerprint density at radius 2 is 1.94 bits per heavy atom. The Bertz CT molecular complexity index is 453. The van der Waals surface area contributed by atoms with Crippen molar-refractivity contribution in [2.24, 2.45) is 5.41 Å². The molecule has 1 heterocycles. The molecule has 2 rings (SSSR count). The van der Waals surface area contributed by atoms with Crippen LogP contribution in [0.25, 0.3) is 0 Å². The molecular formula is C13H16N2O2. The Morgan fingerprint density at radius 1 is 1.29 bits per heavy atom. The Balaban J connectivity index is 2.00. The highest BCUT2D eigenvalue weighted by molar-refractivity contribution is 6.05. The smallest absolute Gasteiger partial charge is 0.233 e. The van der Waals surface area contributed by atoms with Crippen molar-refractivity contribution >= 4 is 17.5 Å². The maximum atomic E-state index is 11.6. The van der Waals surface area contributed by atoms with Crippen LogP contribution in [-0.2, 0) is 16.0 Å². The van der Waals surface area contributed by atoms with Gasteiger partial charge in [-0.15, -0.1) is 0 Å². The molecular weight excluding hydrogens is 216 g/mol. The highest BCUT2D eigenvalue weighted by Gasteiger charge is 2.41. The molecule has 0 bridgehead atoms. The van der Waals surface area contributed by atoms with E-state index in [-0.39, 0.29) is 11.8 Å². The van der Waals surface area contributed by atoms with Crippen LogP contribution in [0.1, 0.15) is 25.3 Å². The fourth-order valence-electron chi connectivity index (χ4n) is 2.06. The second kappa shape index (κ2) is 4.20. The summed E-state index contributed by atoms with van der Waals surface area (Å²) in [5.74, 6) is -0.326. The summed E-state index contributed by atoms with van der Waals surface area (Å²) in [7, 11) is 0. The van der Waals surface area contributed by atoms with E-state index in [0.717, 1.165) is 17.7 Å². The van der Waals surface area contributed by atoms with E-state index in [9.17, 15) is 9.59 Å². The summed E-state index contributed by atoms with van der Waals surface area (Å²) in [5.41, 5.74) is 6.91. The summed E-state index contributed by atoms with van der Waals surface area (Å²) in [6.07, 6.45) is 1.74. The lowest BCUT2D eigenvalue weighted by molar-refractivity contribution is -0.128. The number of hydrogen-bond donors (Lipinski definition) is 2. The first kappa shape index (κ1) is 11.6. The van der Waals surface area contributed by atoms with Crippen molar-refractivity contribution < 1.29 is 9.59 Å². The predicted octanol–water partition coefficient (Wildman–Crippen LogP) is 1.25. The molecule has 0 spiro atoms. The third-order valence-electron chi connectivity index (χ3n) is 3.30. The van der Waals surface area contributed by atoms with E-state index in [1.807, 2.05) is 31.2 Å².